The second kappa shape index (κ2) is 13.6. The molecule has 0 spiro atoms. The molecular weight excluding hydrogens is 793 g/mol. The predicted molar refractivity (Wildman–Crippen MR) is 286 cm³/mol. The average Bonchev–Trinajstić information content (AvgIpc) is 3.59. The minimum Gasteiger partial charge on any atom is -0.0616 e. The van der Waals surface area contributed by atoms with Crippen molar-refractivity contribution in [1.29, 1.82) is 0 Å². The third kappa shape index (κ3) is 5.05. The van der Waals surface area contributed by atoms with Crippen molar-refractivity contribution < 1.29 is 0 Å². The van der Waals surface area contributed by atoms with Crippen LogP contribution in [0.5, 0.6) is 0 Å². The van der Waals surface area contributed by atoms with Gasteiger partial charge in [-0.25, -0.2) is 0 Å². The summed E-state index contributed by atoms with van der Waals surface area (Å²) >= 11 is 0. The van der Waals surface area contributed by atoms with Gasteiger partial charge in [-0.05, 0) is 159 Å². The van der Waals surface area contributed by atoms with Crippen molar-refractivity contribution in [2.75, 3.05) is 0 Å². The fraction of sp³-hybridized carbons (Fsp3) is 0.0909. The molecule has 0 fully saturated rings. The van der Waals surface area contributed by atoms with E-state index in [0.717, 1.165) is 0 Å². The van der Waals surface area contributed by atoms with E-state index < -0.39 is 0 Å². The van der Waals surface area contributed by atoms with Gasteiger partial charge in [0.15, 0.2) is 0 Å². The van der Waals surface area contributed by atoms with Crippen molar-refractivity contribution >= 4 is 86.2 Å². The molecule has 0 bridgehead atoms. The molecule has 0 heteroatoms. The van der Waals surface area contributed by atoms with Gasteiger partial charge in [0.05, 0.1) is 0 Å². The van der Waals surface area contributed by atoms with Gasteiger partial charge < -0.3 is 0 Å². The normalized spacial score (nSPS) is 13.4. The van der Waals surface area contributed by atoms with Crippen molar-refractivity contribution in [3.63, 3.8) is 0 Å². The maximum Gasteiger partial charge on any atom is 0.0159 e. The lowest BCUT2D eigenvalue weighted by molar-refractivity contribution is 0.661. The predicted octanol–water partition coefficient (Wildman–Crippen LogP) is 18.8. The molecule has 1 aliphatic rings. The fourth-order valence-electron chi connectivity index (χ4n) is 12.5. The first-order valence-corrected chi connectivity index (χ1v) is 23.6. The summed E-state index contributed by atoms with van der Waals surface area (Å²) < 4.78 is 0. The van der Waals surface area contributed by atoms with Crippen LogP contribution < -0.4 is 0 Å². The van der Waals surface area contributed by atoms with Gasteiger partial charge >= 0.3 is 0 Å². The van der Waals surface area contributed by atoms with Gasteiger partial charge in [-0.15, -0.1) is 0 Å². The van der Waals surface area contributed by atoms with Crippen LogP contribution in [0, 0.1) is 0 Å². The lowest BCUT2D eigenvalue weighted by Gasteiger charge is -2.23. The smallest absolute Gasteiger partial charge is 0.0159 e. The van der Waals surface area contributed by atoms with E-state index in [4.69, 9.17) is 0 Å². The lowest BCUT2D eigenvalue weighted by atomic mass is 9.80. The Labute approximate surface area is 384 Å². The van der Waals surface area contributed by atoms with E-state index in [9.17, 15) is 0 Å². The van der Waals surface area contributed by atoms with E-state index in [2.05, 4.69) is 228 Å². The molecule has 66 heavy (non-hydrogen) atoms. The molecular formula is C66H46. The molecule has 0 atom stereocenters. The van der Waals surface area contributed by atoms with E-state index >= 15 is 0 Å². The molecule has 1 aliphatic carbocycles. The summed E-state index contributed by atoms with van der Waals surface area (Å²) in [5.74, 6) is 0.463. The molecule has 0 saturated carbocycles. The van der Waals surface area contributed by atoms with Gasteiger partial charge in [0.1, 0.15) is 0 Å². The second-order valence-electron chi connectivity index (χ2n) is 19.7. The highest BCUT2D eigenvalue weighted by atomic mass is 14.4. The van der Waals surface area contributed by atoms with Crippen molar-refractivity contribution in [3.8, 4) is 44.5 Å². The van der Waals surface area contributed by atoms with Gasteiger partial charge in [0.25, 0.3) is 0 Å². The van der Waals surface area contributed by atoms with Crippen molar-refractivity contribution in [1.82, 2.24) is 0 Å². The number of fused-ring (bicyclic) bond motifs is 12. The van der Waals surface area contributed by atoms with Crippen LogP contribution in [0.3, 0.4) is 0 Å². The molecule has 0 saturated heterocycles. The topological polar surface area (TPSA) is 0 Å². The summed E-state index contributed by atoms with van der Waals surface area (Å²) in [6.07, 6.45) is 0. The molecule has 0 amide bonds. The highest BCUT2D eigenvalue weighted by molar-refractivity contribution is 6.30. The van der Waals surface area contributed by atoms with Crippen LogP contribution in [0.25, 0.3) is 131 Å². The monoisotopic (exact) mass is 838 g/mol. The third-order valence-electron chi connectivity index (χ3n) is 15.6. The molecule has 0 radical (unpaired) electrons. The molecule has 0 heterocycles. The highest BCUT2D eigenvalue weighted by Crippen LogP contribution is 2.55. The molecule has 14 rings (SSSR count). The van der Waals surface area contributed by atoms with E-state index in [1.807, 2.05) is 0 Å². The van der Waals surface area contributed by atoms with Crippen molar-refractivity contribution in [3.05, 3.63) is 217 Å². The first-order chi connectivity index (χ1) is 32.3. The molecule has 13 aromatic rings. The number of hydrogen-bond acceptors (Lipinski definition) is 0. The molecule has 0 unspecified atom stereocenters. The van der Waals surface area contributed by atoms with Gasteiger partial charge in [-0.2, -0.15) is 0 Å². The number of rotatable bonds is 4. The van der Waals surface area contributed by atoms with Gasteiger partial charge in [-0.3, -0.25) is 0 Å². The molecule has 0 nitrogen and oxygen atoms in total. The quantitative estimate of drug-likeness (QED) is 0.122. The zero-order chi connectivity index (χ0) is 44.0. The molecule has 0 aromatic heterocycles. The fourth-order valence-corrected chi connectivity index (χ4v) is 12.5. The standard InChI is InChI=1S/C66H46/c1-38(2)44-30-25-41-28-33-55-45(31-26-42-27-32-54(44)62(41)63(42)55)39-21-23-40(24-22-39)60-50-17-9-11-19-52(50)61(53-20-12-10-18-51(53)60)43-29-34-57-59(37-43)66(3,4)58-36-35-56-48-15-6-5-13-46(48)47-14-7-8-16-49(47)64(56)65(57)58/h5-38H,1-4H3. The van der Waals surface area contributed by atoms with Crippen LogP contribution in [0.1, 0.15) is 50.3 Å². The van der Waals surface area contributed by atoms with Gasteiger partial charge in [0, 0.05) is 5.41 Å². The van der Waals surface area contributed by atoms with Crippen LogP contribution in [-0.4, -0.2) is 0 Å². The Morgan fingerprint density at radius 1 is 0.303 bits per heavy atom. The Balaban J connectivity index is 0.933. The van der Waals surface area contributed by atoms with Crippen molar-refractivity contribution in [2.45, 2.75) is 39.0 Å². The average molecular weight is 839 g/mol. The van der Waals surface area contributed by atoms with Crippen molar-refractivity contribution in [2.24, 2.45) is 0 Å². The summed E-state index contributed by atoms with van der Waals surface area (Å²) in [6.45, 7) is 9.45. The first kappa shape index (κ1) is 37.6. The number of benzene rings is 13. The van der Waals surface area contributed by atoms with Crippen LogP contribution >= 0.6 is 0 Å². The highest BCUT2D eigenvalue weighted by Gasteiger charge is 2.37. The minimum atomic E-state index is -0.180. The first-order valence-electron chi connectivity index (χ1n) is 23.6. The van der Waals surface area contributed by atoms with E-state index in [-0.39, 0.29) is 5.41 Å². The largest absolute Gasteiger partial charge is 0.0616 e. The second-order valence-corrected chi connectivity index (χ2v) is 19.7. The molecule has 13 aromatic carbocycles. The number of hydrogen-bond donors (Lipinski definition) is 0. The van der Waals surface area contributed by atoms with Crippen LogP contribution in [-0.2, 0) is 5.41 Å². The molecule has 0 N–H and O–H groups in total. The summed E-state index contributed by atoms with van der Waals surface area (Å²) in [6, 6.07) is 76.2. The Hall–Kier alpha value is -7.80. The zero-order valence-electron chi connectivity index (χ0n) is 37.6. The molecule has 0 aliphatic heterocycles. The van der Waals surface area contributed by atoms with Crippen LogP contribution in [0.2, 0.25) is 0 Å². The van der Waals surface area contributed by atoms with E-state index in [1.54, 1.807) is 0 Å². The Kier molecular flexibility index (Phi) is 7.75. The van der Waals surface area contributed by atoms with Gasteiger partial charge in [0.2, 0.25) is 0 Å². The summed E-state index contributed by atoms with van der Waals surface area (Å²) in [5.41, 5.74) is 14.3. The summed E-state index contributed by atoms with van der Waals surface area (Å²) in [4.78, 5) is 0. The Morgan fingerprint density at radius 3 is 1.36 bits per heavy atom. The molecule has 310 valence electrons. The van der Waals surface area contributed by atoms with Crippen LogP contribution in [0.4, 0.5) is 0 Å². The maximum atomic E-state index is 2.52. The summed E-state index contributed by atoms with van der Waals surface area (Å²) in [5, 5.41) is 21.1. The van der Waals surface area contributed by atoms with Crippen LogP contribution in [0.15, 0.2) is 200 Å². The van der Waals surface area contributed by atoms with E-state index in [1.165, 1.54) is 147 Å². The Bertz CT molecular complexity index is 4110. The zero-order valence-corrected chi connectivity index (χ0v) is 37.6. The third-order valence-corrected chi connectivity index (χ3v) is 15.6. The van der Waals surface area contributed by atoms with Gasteiger partial charge in [-0.1, -0.05) is 222 Å². The minimum absolute atomic E-state index is 0.180. The Morgan fingerprint density at radius 2 is 0.742 bits per heavy atom. The lowest BCUT2D eigenvalue weighted by Crippen LogP contribution is -2.15. The summed E-state index contributed by atoms with van der Waals surface area (Å²) in [7, 11) is 0. The van der Waals surface area contributed by atoms with E-state index in [0.29, 0.717) is 5.92 Å². The maximum absolute atomic E-state index is 2.52. The SMILES string of the molecule is CC(C)c1ccc2ccc3c(-c4ccc(-c5c6ccccc6c(-c6ccc7c(c6)C(C)(C)c6ccc8c9ccccc9c9ccccc9c8c6-7)c6ccccc56)cc4)ccc4ccc1c2c43.